The van der Waals surface area contributed by atoms with E-state index in [1.165, 1.54) is 12.1 Å². The minimum absolute atomic E-state index is 0.0348. The van der Waals surface area contributed by atoms with Crippen LogP contribution >= 0.6 is 0 Å². The van der Waals surface area contributed by atoms with Crippen LogP contribution < -0.4 is 10.2 Å². The van der Waals surface area contributed by atoms with Gasteiger partial charge in [-0.25, -0.2) is 9.37 Å². The number of H-pyrrole nitrogens is 1. The molecule has 1 saturated heterocycles. The van der Waals surface area contributed by atoms with Gasteiger partial charge in [-0.3, -0.25) is 4.79 Å². The number of amides is 1. The van der Waals surface area contributed by atoms with Crippen molar-refractivity contribution < 1.29 is 18.7 Å². The molecule has 3 heterocycles. The average molecular weight is 532 g/mol. The second kappa shape index (κ2) is 12.5. The van der Waals surface area contributed by atoms with Crippen LogP contribution in [0.4, 0.5) is 15.9 Å². The number of benzene rings is 2. The summed E-state index contributed by atoms with van der Waals surface area (Å²) in [5, 5.41) is 17.2. The summed E-state index contributed by atoms with van der Waals surface area (Å²) in [6, 6.07) is 17.8. The lowest BCUT2D eigenvalue weighted by molar-refractivity contribution is -0.115. The molecule has 0 atom stereocenters. The highest BCUT2D eigenvalue weighted by atomic mass is 19.1. The number of ether oxygens (including phenoxy) is 2. The van der Waals surface area contributed by atoms with Crippen molar-refractivity contribution in [3.63, 3.8) is 0 Å². The Balaban J connectivity index is 1.55. The lowest BCUT2D eigenvalue weighted by atomic mass is 10.0. The molecule has 11 heteroatoms. The molecule has 0 bridgehead atoms. The van der Waals surface area contributed by atoms with E-state index < -0.39 is 5.82 Å². The smallest absolute Gasteiger partial charge is 0.228 e. The van der Waals surface area contributed by atoms with Gasteiger partial charge in [0.05, 0.1) is 24.4 Å². The Labute approximate surface area is 225 Å². The number of hydrogen-bond acceptors (Lipinski definition) is 8. The highest BCUT2D eigenvalue weighted by Crippen LogP contribution is 2.32. The van der Waals surface area contributed by atoms with Gasteiger partial charge < -0.3 is 19.7 Å². The zero-order valence-electron chi connectivity index (χ0n) is 21.6. The zero-order valence-corrected chi connectivity index (χ0v) is 21.6. The Kier molecular flexibility index (Phi) is 8.49. The molecule has 39 heavy (non-hydrogen) atoms. The zero-order chi connectivity index (χ0) is 27.0. The van der Waals surface area contributed by atoms with Crippen molar-refractivity contribution in [1.29, 1.82) is 0 Å². The minimum atomic E-state index is -0.485. The molecule has 0 aliphatic carbocycles. The summed E-state index contributed by atoms with van der Waals surface area (Å²) in [4.78, 5) is 20.3. The first-order valence-electron chi connectivity index (χ1n) is 12.8. The van der Waals surface area contributed by atoms with E-state index in [2.05, 4.69) is 30.8 Å². The number of pyridine rings is 1. The summed E-state index contributed by atoms with van der Waals surface area (Å²) < 4.78 is 25.2. The van der Waals surface area contributed by atoms with E-state index in [1.54, 1.807) is 19.2 Å². The predicted molar refractivity (Wildman–Crippen MR) is 145 cm³/mol. The van der Waals surface area contributed by atoms with Crippen molar-refractivity contribution in [3.05, 3.63) is 72.0 Å². The summed E-state index contributed by atoms with van der Waals surface area (Å²) in [5.74, 6) is 0.357. The van der Waals surface area contributed by atoms with Gasteiger partial charge in [0.2, 0.25) is 11.7 Å². The van der Waals surface area contributed by atoms with Crippen LogP contribution in [-0.4, -0.2) is 71.0 Å². The van der Waals surface area contributed by atoms with Gasteiger partial charge in [0.15, 0.2) is 0 Å². The van der Waals surface area contributed by atoms with Gasteiger partial charge in [-0.05, 0) is 47.9 Å². The van der Waals surface area contributed by atoms with Crippen molar-refractivity contribution in [2.45, 2.75) is 25.3 Å². The molecule has 10 nitrogen and oxygen atoms in total. The highest BCUT2D eigenvalue weighted by molar-refractivity contribution is 5.92. The first kappa shape index (κ1) is 26.4. The minimum Gasteiger partial charge on any atom is -0.383 e. The molecule has 0 unspecified atom stereocenters. The van der Waals surface area contributed by atoms with E-state index >= 15 is 0 Å². The topological polar surface area (TPSA) is 118 Å². The molecule has 1 fully saturated rings. The van der Waals surface area contributed by atoms with E-state index in [0.29, 0.717) is 37.9 Å². The van der Waals surface area contributed by atoms with Crippen molar-refractivity contribution in [1.82, 2.24) is 25.6 Å². The van der Waals surface area contributed by atoms with E-state index in [9.17, 15) is 9.18 Å². The largest absolute Gasteiger partial charge is 0.383 e. The second-order valence-electron chi connectivity index (χ2n) is 9.23. The molecule has 0 saturated carbocycles. The third kappa shape index (κ3) is 6.44. The Bertz CT molecular complexity index is 1390. The Morgan fingerprint density at radius 1 is 1.13 bits per heavy atom. The number of tetrazole rings is 1. The predicted octanol–water partition coefficient (Wildman–Crippen LogP) is 3.88. The summed E-state index contributed by atoms with van der Waals surface area (Å²) in [6.07, 6.45) is 1.75. The quantitative estimate of drug-likeness (QED) is 0.317. The number of para-hydroxylation sites is 1. The third-order valence-corrected chi connectivity index (χ3v) is 6.64. The molecule has 2 aromatic carbocycles. The van der Waals surface area contributed by atoms with Gasteiger partial charge >= 0.3 is 0 Å². The van der Waals surface area contributed by atoms with E-state index in [0.717, 1.165) is 35.3 Å². The number of nitrogens with zero attached hydrogens (tertiary/aromatic N) is 5. The number of aromatic nitrogens is 5. The number of carbonyl (C=O) groups excluding carboxylic acids is 1. The molecule has 1 aliphatic heterocycles. The van der Waals surface area contributed by atoms with Crippen LogP contribution in [0.3, 0.4) is 0 Å². The van der Waals surface area contributed by atoms with Gasteiger partial charge in [-0.2, -0.15) is 5.21 Å². The number of anilines is 2. The standard InChI is InChI=1S/C28H30FN7O3/c1-38-15-12-36(20-10-13-39-14-11-20)26-17-19(18-27(37)31-24-9-5-4-8-23(24)29)16-25(30-26)21-6-2-3-7-22(21)28-32-34-35-33-28/h2-9,16-17,20H,10-15,18H2,1H3,(H,31,37)(H,32,33,34,35). The van der Waals surface area contributed by atoms with Gasteiger partial charge in [0.25, 0.3) is 0 Å². The van der Waals surface area contributed by atoms with Crippen LogP contribution in [-0.2, 0) is 20.7 Å². The van der Waals surface area contributed by atoms with Gasteiger partial charge in [-0.1, -0.05) is 36.4 Å². The summed E-state index contributed by atoms with van der Waals surface area (Å²) in [7, 11) is 1.67. The first-order chi connectivity index (χ1) is 19.1. The van der Waals surface area contributed by atoms with E-state index in [1.807, 2.05) is 36.4 Å². The summed E-state index contributed by atoms with van der Waals surface area (Å²) >= 11 is 0. The van der Waals surface area contributed by atoms with Crippen LogP contribution in [0.1, 0.15) is 18.4 Å². The molecule has 1 amide bonds. The van der Waals surface area contributed by atoms with Crippen molar-refractivity contribution in [2.24, 2.45) is 0 Å². The maximum Gasteiger partial charge on any atom is 0.228 e. The Morgan fingerprint density at radius 2 is 1.90 bits per heavy atom. The molecule has 1 aliphatic rings. The lowest BCUT2D eigenvalue weighted by Crippen LogP contribution is -2.42. The third-order valence-electron chi connectivity index (χ3n) is 6.64. The molecule has 0 spiro atoms. The fourth-order valence-corrected chi connectivity index (χ4v) is 4.75. The molecule has 4 aromatic rings. The number of halogens is 1. The van der Waals surface area contributed by atoms with Crippen LogP contribution in [0.5, 0.6) is 0 Å². The SMILES string of the molecule is COCCN(c1cc(CC(=O)Nc2ccccc2F)cc(-c2ccccc2-c2nn[nH]n2)n1)C1CCOCC1. The van der Waals surface area contributed by atoms with Crippen LogP contribution in [0.2, 0.25) is 0 Å². The summed E-state index contributed by atoms with van der Waals surface area (Å²) in [5.41, 5.74) is 3.10. The molecule has 2 aromatic heterocycles. The first-order valence-corrected chi connectivity index (χ1v) is 12.8. The molecular weight excluding hydrogens is 501 g/mol. The number of rotatable bonds is 10. The lowest BCUT2D eigenvalue weighted by Gasteiger charge is -2.35. The normalized spacial score (nSPS) is 13.8. The maximum atomic E-state index is 14.2. The highest BCUT2D eigenvalue weighted by Gasteiger charge is 2.24. The van der Waals surface area contributed by atoms with E-state index in [4.69, 9.17) is 14.5 Å². The molecule has 2 N–H and O–H groups in total. The fourth-order valence-electron chi connectivity index (χ4n) is 4.75. The second-order valence-corrected chi connectivity index (χ2v) is 9.23. The van der Waals surface area contributed by atoms with E-state index in [-0.39, 0.29) is 24.1 Å². The van der Waals surface area contributed by atoms with Gasteiger partial charge in [0.1, 0.15) is 11.6 Å². The maximum absolute atomic E-state index is 14.2. The number of nitrogens with one attached hydrogen (secondary N) is 2. The molecule has 5 rings (SSSR count). The molecule has 0 radical (unpaired) electrons. The van der Waals surface area contributed by atoms with Gasteiger partial charge in [0, 0.05) is 44.0 Å². The van der Waals surface area contributed by atoms with Crippen LogP contribution in [0, 0.1) is 5.82 Å². The van der Waals surface area contributed by atoms with Crippen molar-refractivity contribution in [2.75, 3.05) is 43.7 Å². The van der Waals surface area contributed by atoms with Crippen molar-refractivity contribution in [3.8, 4) is 22.6 Å². The number of carbonyl (C=O) groups is 1. The molecule has 202 valence electrons. The van der Waals surface area contributed by atoms with Gasteiger partial charge in [-0.15, -0.1) is 10.2 Å². The fraction of sp³-hybridized carbons (Fsp3) is 0.321. The summed E-state index contributed by atoms with van der Waals surface area (Å²) in [6.45, 7) is 2.50. The van der Waals surface area contributed by atoms with Crippen molar-refractivity contribution >= 4 is 17.4 Å². The number of methoxy groups -OCH3 is 1. The Hall–Kier alpha value is -4.22. The van der Waals surface area contributed by atoms with Crippen LogP contribution in [0.25, 0.3) is 22.6 Å². The average Bonchev–Trinajstić information content (AvgIpc) is 3.50. The number of aromatic amines is 1. The van der Waals surface area contributed by atoms with Crippen LogP contribution in [0.15, 0.2) is 60.7 Å². The Morgan fingerprint density at radius 3 is 2.64 bits per heavy atom. The number of hydrogen-bond donors (Lipinski definition) is 2. The monoisotopic (exact) mass is 531 g/mol. The molecular formula is C28H30FN7O3.